The summed E-state index contributed by atoms with van der Waals surface area (Å²) in [5, 5.41) is 9.70. The van der Waals surface area contributed by atoms with Gasteiger partial charge in [-0.3, -0.25) is 0 Å². The Hall–Kier alpha value is -2.15. The fourth-order valence-corrected chi connectivity index (χ4v) is 2.80. The van der Waals surface area contributed by atoms with Gasteiger partial charge in [-0.1, -0.05) is 6.92 Å². The van der Waals surface area contributed by atoms with Crippen molar-refractivity contribution in [2.75, 3.05) is 17.2 Å². The lowest BCUT2D eigenvalue weighted by Gasteiger charge is -2.09. The minimum Gasteiger partial charge on any atom is -0.362 e. The number of nitrogens with one attached hydrogen (secondary N) is 2. The highest BCUT2D eigenvalue weighted by Gasteiger charge is 2.09. The third-order valence-electron chi connectivity index (χ3n) is 3.19. The summed E-state index contributed by atoms with van der Waals surface area (Å²) in [7, 11) is 1.98. The summed E-state index contributed by atoms with van der Waals surface area (Å²) in [5.74, 6) is 2.50. The lowest BCUT2D eigenvalue weighted by molar-refractivity contribution is 0.811. The number of hydrogen-bond donors (Lipinski definition) is 2. The fourth-order valence-electron chi connectivity index (χ4n) is 2.04. The van der Waals surface area contributed by atoms with Crippen molar-refractivity contribution in [3.05, 3.63) is 29.7 Å². The van der Waals surface area contributed by atoms with Gasteiger partial charge >= 0.3 is 0 Å². The van der Waals surface area contributed by atoms with Crippen LogP contribution in [0.4, 0.5) is 11.8 Å². The fraction of sp³-hybridized carbons (Fsp3) is 0.357. The summed E-state index contributed by atoms with van der Waals surface area (Å²) in [4.78, 5) is 14.4. The highest BCUT2D eigenvalue weighted by molar-refractivity contribution is 7.16. The van der Waals surface area contributed by atoms with E-state index in [1.807, 2.05) is 29.3 Å². The topological polar surface area (TPSA) is 67.7 Å². The molecule has 3 heterocycles. The van der Waals surface area contributed by atoms with Crippen molar-refractivity contribution >= 4 is 33.3 Å². The molecular formula is C14H18N6S. The number of anilines is 2. The maximum Gasteiger partial charge on any atom is 0.226 e. The number of imidazole rings is 1. The Morgan fingerprint density at radius 2 is 2.19 bits per heavy atom. The van der Waals surface area contributed by atoms with Crippen molar-refractivity contribution in [1.29, 1.82) is 0 Å². The number of nitrogens with zero attached hydrogens (tertiary/aromatic N) is 4. The van der Waals surface area contributed by atoms with E-state index in [0.29, 0.717) is 12.5 Å². The molecule has 0 bridgehead atoms. The SMILES string of the molecule is CCCNc1nc(NCc2nccn2C)c2ccsc2n1. The average Bonchev–Trinajstić information content (AvgIpc) is 3.11. The van der Waals surface area contributed by atoms with E-state index in [0.717, 1.165) is 34.8 Å². The molecule has 3 aromatic heterocycles. The van der Waals surface area contributed by atoms with Crippen LogP contribution < -0.4 is 10.6 Å². The number of hydrogen-bond acceptors (Lipinski definition) is 6. The molecule has 0 aromatic carbocycles. The molecule has 110 valence electrons. The predicted octanol–water partition coefficient (Wildman–Crippen LogP) is 2.86. The zero-order chi connectivity index (χ0) is 14.7. The van der Waals surface area contributed by atoms with Crippen molar-refractivity contribution in [3.8, 4) is 0 Å². The van der Waals surface area contributed by atoms with Crippen molar-refractivity contribution in [3.63, 3.8) is 0 Å². The highest BCUT2D eigenvalue weighted by atomic mass is 32.1. The largest absolute Gasteiger partial charge is 0.362 e. The lowest BCUT2D eigenvalue weighted by Crippen LogP contribution is -2.09. The first-order chi connectivity index (χ1) is 10.3. The van der Waals surface area contributed by atoms with E-state index in [4.69, 9.17) is 0 Å². The van der Waals surface area contributed by atoms with Crippen molar-refractivity contribution in [2.24, 2.45) is 7.05 Å². The van der Waals surface area contributed by atoms with Crippen LogP contribution in [0.1, 0.15) is 19.2 Å². The predicted molar refractivity (Wildman–Crippen MR) is 86.7 cm³/mol. The molecule has 0 spiro atoms. The van der Waals surface area contributed by atoms with E-state index in [-0.39, 0.29) is 0 Å². The molecule has 7 heteroatoms. The number of aromatic nitrogens is 4. The molecule has 0 atom stereocenters. The van der Waals surface area contributed by atoms with Gasteiger partial charge in [-0.15, -0.1) is 11.3 Å². The molecule has 0 saturated heterocycles. The Balaban J connectivity index is 1.85. The maximum absolute atomic E-state index is 4.58. The van der Waals surface area contributed by atoms with Crippen LogP contribution in [0.25, 0.3) is 10.2 Å². The second-order valence-corrected chi connectivity index (χ2v) is 5.66. The van der Waals surface area contributed by atoms with Gasteiger partial charge in [0.1, 0.15) is 16.5 Å². The van der Waals surface area contributed by atoms with E-state index in [1.54, 1.807) is 17.5 Å². The molecular weight excluding hydrogens is 284 g/mol. The zero-order valence-electron chi connectivity index (χ0n) is 12.1. The first kappa shape index (κ1) is 13.8. The van der Waals surface area contributed by atoms with E-state index >= 15 is 0 Å². The molecule has 2 N–H and O–H groups in total. The monoisotopic (exact) mass is 302 g/mol. The second-order valence-electron chi connectivity index (χ2n) is 4.77. The summed E-state index contributed by atoms with van der Waals surface area (Å²) < 4.78 is 2.00. The van der Waals surface area contributed by atoms with Crippen LogP contribution in [0.2, 0.25) is 0 Å². The molecule has 6 nitrogen and oxygen atoms in total. The van der Waals surface area contributed by atoms with Gasteiger partial charge in [0.25, 0.3) is 0 Å². The molecule has 0 aliphatic rings. The van der Waals surface area contributed by atoms with Crippen molar-refractivity contribution in [2.45, 2.75) is 19.9 Å². The summed E-state index contributed by atoms with van der Waals surface area (Å²) in [5.41, 5.74) is 0. The van der Waals surface area contributed by atoms with Gasteiger partial charge in [0.05, 0.1) is 11.9 Å². The minimum absolute atomic E-state index is 0.638. The van der Waals surface area contributed by atoms with Crippen LogP contribution in [-0.2, 0) is 13.6 Å². The van der Waals surface area contributed by atoms with Crippen molar-refractivity contribution < 1.29 is 0 Å². The molecule has 0 fully saturated rings. The van der Waals surface area contributed by atoms with E-state index in [9.17, 15) is 0 Å². The van der Waals surface area contributed by atoms with Gasteiger partial charge in [0.15, 0.2) is 0 Å². The molecule has 0 saturated carbocycles. The van der Waals surface area contributed by atoms with Crippen LogP contribution in [0.3, 0.4) is 0 Å². The van der Waals surface area contributed by atoms with E-state index in [2.05, 4.69) is 32.5 Å². The van der Waals surface area contributed by atoms with Crippen LogP contribution in [0.15, 0.2) is 23.8 Å². The van der Waals surface area contributed by atoms with Gasteiger partial charge in [-0.2, -0.15) is 4.98 Å². The second kappa shape index (κ2) is 6.09. The molecule has 0 radical (unpaired) electrons. The Kier molecular flexibility index (Phi) is 4.01. The van der Waals surface area contributed by atoms with Crippen molar-refractivity contribution in [1.82, 2.24) is 19.5 Å². The van der Waals surface area contributed by atoms with Crippen LogP contribution in [0.5, 0.6) is 0 Å². The molecule has 3 aromatic rings. The average molecular weight is 302 g/mol. The van der Waals surface area contributed by atoms with Gasteiger partial charge in [-0.25, -0.2) is 9.97 Å². The first-order valence-electron chi connectivity index (χ1n) is 6.97. The summed E-state index contributed by atoms with van der Waals surface area (Å²) in [6.07, 6.45) is 4.78. The highest BCUT2D eigenvalue weighted by Crippen LogP contribution is 2.26. The minimum atomic E-state index is 0.638. The van der Waals surface area contributed by atoms with Crippen LogP contribution in [-0.4, -0.2) is 26.1 Å². The molecule has 3 rings (SSSR count). The standard InChI is InChI=1S/C14H18N6S/c1-3-5-16-14-18-12(10-4-8-21-13(10)19-14)17-9-11-15-6-7-20(11)2/h4,6-8H,3,5,9H2,1-2H3,(H2,16,17,18,19). The van der Waals surface area contributed by atoms with E-state index in [1.165, 1.54) is 0 Å². The molecule has 0 amide bonds. The molecule has 21 heavy (non-hydrogen) atoms. The van der Waals surface area contributed by atoms with Gasteiger partial charge in [-0.05, 0) is 17.9 Å². The third-order valence-corrected chi connectivity index (χ3v) is 4.00. The first-order valence-corrected chi connectivity index (χ1v) is 7.85. The number of fused-ring (bicyclic) bond motifs is 1. The summed E-state index contributed by atoms with van der Waals surface area (Å²) >= 11 is 1.62. The quantitative estimate of drug-likeness (QED) is 0.733. The molecule has 0 unspecified atom stereocenters. The van der Waals surface area contributed by atoms with Gasteiger partial charge < -0.3 is 15.2 Å². The molecule has 0 aliphatic carbocycles. The smallest absolute Gasteiger partial charge is 0.226 e. The van der Waals surface area contributed by atoms with Crippen LogP contribution in [0, 0.1) is 0 Å². The Labute approximate surface area is 127 Å². The number of rotatable bonds is 6. The Morgan fingerprint density at radius 3 is 2.95 bits per heavy atom. The lowest BCUT2D eigenvalue weighted by atomic mass is 10.3. The summed E-state index contributed by atoms with van der Waals surface area (Å²) in [6, 6.07) is 2.05. The van der Waals surface area contributed by atoms with E-state index < -0.39 is 0 Å². The zero-order valence-corrected chi connectivity index (χ0v) is 12.9. The Bertz CT molecular complexity index is 732. The Morgan fingerprint density at radius 1 is 1.29 bits per heavy atom. The number of aryl methyl sites for hydroxylation is 1. The van der Waals surface area contributed by atoms with Gasteiger partial charge in [0.2, 0.25) is 5.95 Å². The third kappa shape index (κ3) is 2.97. The van der Waals surface area contributed by atoms with Crippen LogP contribution >= 0.6 is 11.3 Å². The normalized spacial score (nSPS) is 11.0. The maximum atomic E-state index is 4.58. The number of thiophene rings is 1. The molecule has 0 aliphatic heterocycles. The summed E-state index contributed by atoms with van der Waals surface area (Å²) in [6.45, 7) is 3.63. The van der Waals surface area contributed by atoms with Gasteiger partial charge in [0, 0.05) is 26.0 Å².